The van der Waals surface area contributed by atoms with E-state index in [2.05, 4.69) is 168 Å². The summed E-state index contributed by atoms with van der Waals surface area (Å²) in [4.78, 5) is 2.67. The van der Waals surface area contributed by atoms with Crippen LogP contribution in [0.4, 0.5) is 0 Å². The minimum absolute atomic E-state index is 1.18. The Balaban J connectivity index is 1.04. The molecule has 0 aliphatic carbocycles. The van der Waals surface area contributed by atoms with E-state index in [9.17, 15) is 0 Å². The zero-order valence-electron chi connectivity index (χ0n) is 24.9. The lowest BCUT2D eigenvalue weighted by Gasteiger charge is -2.21. The molecule has 1 nitrogen and oxygen atoms in total. The maximum Gasteiger partial charge on any atom is 0.0547 e. The smallest absolute Gasteiger partial charge is 0.0547 e. The highest BCUT2D eigenvalue weighted by Gasteiger charge is 2.20. The highest BCUT2D eigenvalue weighted by molar-refractivity contribution is 7.99. The summed E-state index contributed by atoms with van der Waals surface area (Å²) in [7, 11) is 0. The molecular weight excluding hydrogens is 575 g/mol. The molecular formula is C44H27NS. The van der Waals surface area contributed by atoms with Crippen molar-refractivity contribution < 1.29 is 0 Å². The Morgan fingerprint density at radius 2 is 1.09 bits per heavy atom. The van der Waals surface area contributed by atoms with Gasteiger partial charge in [0.25, 0.3) is 0 Å². The molecule has 0 amide bonds. The predicted molar refractivity (Wildman–Crippen MR) is 196 cm³/mol. The van der Waals surface area contributed by atoms with Gasteiger partial charge in [0.1, 0.15) is 0 Å². The number of rotatable bonds is 3. The Bertz CT molecular complexity index is 2640. The van der Waals surface area contributed by atoms with E-state index >= 15 is 0 Å². The van der Waals surface area contributed by atoms with Crippen LogP contribution in [0.25, 0.3) is 82.4 Å². The molecule has 0 radical (unpaired) electrons. The minimum atomic E-state index is 1.18. The van der Waals surface area contributed by atoms with Crippen molar-refractivity contribution in [3.8, 4) is 39.1 Å². The maximum absolute atomic E-state index is 2.38. The predicted octanol–water partition coefficient (Wildman–Crippen LogP) is 12.6. The summed E-state index contributed by atoms with van der Waals surface area (Å²) in [5, 5.41) is 7.81. The number of aromatic nitrogens is 1. The largest absolute Gasteiger partial charge is 0.309 e. The Hall–Kier alpha value is -5.57. The van der Waals surface area contributed by atoms with Crippen molar-refractivity contribution in [2.45, 2.75) is 9.79 Å². The highest BCUT2D eigenvalue weighted by atomic mass is 32.2. The summed E-state index contributed by atoms with van der Waals surface area (Å²) < 4.78 is 2.38. The molecule has 1 aliphatic heterocycles. The van der Waals surface area contributed by atoms with Gasteiger partial charge in [-0.25, -0.2) is 0 Å². The van der Waals surface area contributed by atoms with Crippen LogP contribution in [0.2, 0.25) is 0 Å². The maximum atomic E-state index is 2.38. The standard InChI is InChI=1S/C44H27NS/c1-2-10-34(11-3-1)45-39-14-5-4-12-37(39)44-35-23-20-31(26-33(35)21-24-40(44)45)28-16-18-29(19-17-28)32-22-25-41-38(27-32)36-13-6-8-30-9-7-15-42(46-41)43(30)36/h1-27H. The van der Waals surface area contributed by atoms with Crippen LogP contribution < -0.4 is 0 Å². The molecule has 0 spiro atoms. The minimum Gasteiger partial charge on any atom is -0.309 e. The van der Waals surface area contributed by atoms with Gasteiger partial charge in [0, 0.05) is 31.6 Å². The van der Waals surface area contributed by atoms with Crippen molar-refractivity contribution in [2.24, 2.45) is 0 Å². The van der Waals surface area contributed by atoms with E-state index in [4.69, 9.17) is 0 Å². The van der Waals surface area contributed by atoms with Gasteiger partial charge in [-0.3, -0.25) is 0 Å². The van der Waals surface area contributed by atoms with E-state index in [1.807, 2.05) is 11.8 Å². The molecule has 8 aromatic carbocycles. The molecule has 0 atom stereocenters. The summed E-state index contributed by atoms with van der Waals surface area (Å²) in [5.41, 5.74) is 11.3. The molecule has 214 valence electrons. The molecule has 0 bridgehead atoms. The molecule has 0 saturated heterocycles. The highest BCUT2D eigenvalue weighted by Crippen LogP contribution is 2.48. The van der Waals surface area contributed by atoms with Crippen LogP contribution in [0, 0.1) is 0 Å². The number of para-hydroxylation sites is 2. The molecule has 2 heteroatoms. The molecule has 10 rings (SSSR count). The fourth-order valence-corrected chi connectivity index (χ4v) is 8.56. The number of hydrogen-bond acceptors (Lipinski definition) is 1. The molecule has 2 heterocycles. The van der Waals surface area contributed by atoms with Crippen molar-refractivity contribution >= 4 is 55.1 Å². The first-order valence-electron chi connectivity index (χ1n) is 15.8. The summed E-state index contributed by atoms with van der Waals surface area (Å²) >= 11 is 1.88. The van der Waals surface area contributed by atoms with Crippen LogP contribution in [0.15, 0.2) is 174 Å². The van der Waals surface area contributed by atoms with E-state index in [-0.39, 0.29) is 0 Å². The third kappa shape index (κ3) is 3.84. The monoisotopic (exact) mass is 601 g/mol. The molecule has 9 aromatic rings. The second-order valence-electron chi connectivity index (χ2n) is 12.1. The summed E-state index contributed by atoms with van der Waals surface area (Å²) in [6, 6.07) is 60.2. The third-order valence-corrected chi connectivity index (χ3v) is 10.7. The van der Waals surface area contributed by atoms with Crippen LogP contribution in [0.5, 0.6) is 0 Å². The molecule has 1 aromatic heterocycles. The van der Waals surface area contributed by atoms with Gasteiger partial charge in [-0.15, -0.1) is 0 Å². The quantitative estimate of drug-likeness (QED) is 0.195. The van der Waals surface area contributed by atoms with Crippen molar-refractivity contribution in [2.75, 3.05) is 0 Å². The lowest BCUT2D eigenvalue weighted by atomic mass is 9.93. The van der Waals surface area contributed by atoms with E-state index < -0.39 is 0 Å². The first-order valence-corrected chi connectivity index (χ1v) is 16.6. The lowest BCUT2D eigenvalue weighted by Crippen LogP contribution is -1.93. The zero-order chi connectivity index (χ0) is 30.2. The topological polar surface area (TPSA) is 4.93 Å². The summed E-state index contributed by atoms with van der Waals surface area (Å²) in [5.74, 6) is 0. The van der Waals surface area contributed by atoms with Gasteiger partial charge < -0.3 is 4.57 Å². The first-order chi connectivity index (χ1) is 22.8. The molecule has 0 unspecified atom stereocenters. The van der Waals surface area contributed by atoms with E-state index in [0.717, 1.165) is 0 Å². The summed E-state index contributed by atoms with van der Waals surface area (Å²) in [6.45, 7) is 0. The van der Waals surface area contributed by atoms with Gasteiger partial charge in [-0.1, -0.05) is 127 Å². The average Bonchev–Trinajstić information content (AvgIpc) is 3.47. The van der Waals surface area contributed by atoms with Gasteiger partial charge in [-0.2, -0.15) is 0 Å². The fourth-order valence-electron chi connectivity index (χ4n) is 7.43. The Morgan fingerprint density at radius 1 is 0.370 bits per heavy atom. The number of fused-ring (bicyclic) bond motifs is 7. The van der Waals surface area contributed by atoms with Crippen LogP contribution in [-0.4, -0.2) is 4.57 Å². The van der Waals surface area contributed by atoms with Crippen molar-refractivity contribution in [3.05, 3.63) is 164 Å². The van der Waals surface area contributed by atoms with E-state index in [1.54, 1.807) is 0 Å². The average molecular weight is 602 g/mol. The number of nitrogens with zero attached hydrogens (tertiary/aromatic N) is 1. The lowest BCUT2D eigenvalue weighted by molar-refractivity contribution is 1.18. The fraction of sp³-hybridized carbons (Fsp3) is 0. The van der Waals surface area contributed by atoms with Crippen LogP contribution in [0.1, 0.15) is 0 Å². The number of benzene rings is 8. The zero-order valence-corrected chi connectivity index (χ0v) is 25.8. The second-order valence-corrected chi connectivity index (χ2v) is 13.2. The third-order valence-electron chi connectivity index (χ3n) is 9.58. The first kappa shape index (κ1) is 25.7. The molecule has 0 saturated carbocycles. The van der Waals surface area contributed by atoms with Crippen LogP contribution in [0.3, 0.4) is 0 Å². The van der Waals surface area contributed by atoms with E-state index in [1.165, 1.54) is 92.2 Å². The van der Waals surface area contributed by atoms with Crippen molar-refractivity contribution in [3.63, 3.8) is 0 Å². The molecule has 0 N–H and O–H groups in total. The second kappa shape index (κ2) is 9.97. The van der Waals surface area contributed by atoms with Crippen molar-refractivity contribution in [1.82, 2.24) is 4.57 Å². The van der Waals surface area contributed by atoms with Crippen molar-refractivity contribution in [1.29, 1.82) is 0 Å². The Morgan fingerprint density at radius 3 is 1.93 bits per heavy atom. The van der Waals surface area contributed by atoms with Crippen LogP contribution in [-0.2, 0) is 0 Å². The molecule has 0 fully saturated rings. The van der Waals surface area contributed by atoms with Gasteiger partial charge in [0.05, 0.1) is 11.0 Å². The van der Waals surface area contributed by atoms with Gasteiger partial charge in [-0.05, 0) is 98.1 Å². The van der Waals surface area contributed by atoms with Gasteiger partial charge in [0.2, 0.25) is 0 Å². The van der Waals surface area contributed by atoms with E-state index in [0.29, 0.717) is 0 Å². The number of hydrogen-bond donors (Lipinski definition) is 0. The normalized spacial score (nSPS) is 12.3. The van der Waals surface area contributed by atoms with Gasteiger partial charge in [0.15, 0.2) is 0 Å². The molecule has 46 heavy (non-hydrogen) atoms. The Kier molecular flexibility index (Phi) is 5.58. The van der Waals surface area contributed by atoms with Crippen LogP contribution >= 0.6 is 11.8 Å². The summed E-state index contributed by atoms with van der Waals surface area (Å²) in [6.07, 6.45) is 0. The Labute approximate surface area is 271 Å². The SMILES string of the molecule is c1ccc(-n2c3ccccc3c3c4ccc(-c5ccc(-c6ccc7c(c6)-c6cccc8cccc(c68)S7)cc5)cc4ccc32)cc1. The molecule has 1 aliphatic rings. The van der Waals surface area contributed by atoms with Gasteiger partial charge >= 0.3 is 0 Å².